The number of aromatic nitrogens is 2. The van der Waals surface area contributed by atoms with E-state index in [1.807, 2.05) is 0 Å². The number of nitrogens with one attached hydrogen (secondary N) is 1. The van der Waals surface area contributed by atoms with Crippen LogP contribution in [-0.2, 0) is 5.41 Å². The predicted octanol–water partition coefficient (Wildman–Crippen LogP) is 1.94. The first-order chi connectivity index (χ1) is 6.05. The molecule has 1 saturated carbocycles. The van der Waals surface area contributed by atoms with Crippen molar-refractivity contribution < 1.29 is 4.52 Å². The molecule has 13 heavy (non-hydrogen) atoms. The molecule has 0 saturated heterocycles. The van der Waals surface area contributed by atoms with Crippen LogP contribution < -0.4 is 5.32 Å². The maximum atomic E-state index is 5.13. The first-order valence-electron chi connectivity index (χ1n) is 4.66. The summed E-state index contributed by atoms with van der Waals surface area (Å²) in [6, 6.07) is 0.574. The quantitative estimate of drug-likeness (QED) is 0.757. The predicted molar refractivity (Wildman–Crippen MR) is 49.6 cm³/mol. The van der Waals surface area contributed by atoms with E-state index in [4.69, 9.17) is 4.52 Å². The van der Waals surface area contributed by atoms with Gasteiger partial charge in [0, 0.05) is 11.5 Å². The van der Waals surface area contributed by atoms with Crippen LogP contribution >= 0.6 is 0 Å². The van der Waals surface area contributed by atoms with Crippen molar-refractivity contribution in [2.75, 3.05) is 5.32 Å². The number of nitrogens with zero attached hydrogens (tertiary/aromatic N) is 2. The van der Waals surface area contributed by atoms with Gasteiger partial charge in [0.1, 0.15) is 0 Å². The molecule has 0 unspecified atom stereocenters. The lowest BCUT2D eigenvalue weighted by Gasteiger charge is -2.10. The molecule has 1 aromatic heterocycles. The molecule has 1 fully saturated rings. The minimum Gasteiger partial charge on any atom is -0.349 e. The fraction of sp³-hybridized carbons (Fsp3) is 0.778. The van der Waals surface area contributed by atoms with E-state index in [1.54, 1.807) is 0 Å². The third kappa shape index (κ3) is 1.99. The van der Waals surface area contributed by atoms with Crippen LogP contribution in [0.3, 0.4) is 0 Å². The van der Waals surface area contributed by atoms with Gasteiger partial charge < -0.3 is 9.84 Å². The van der Waals surface area contributed by atoms with Gasteiger partial charge in [-0.2, -0.15) is 4.98 Å². The van der Waals surface area contributed by atoms with Gasteiger partial charge in [0.05, 0.1) is 0 Å². The van der Waals surface area contributed by atoms with Gasteiger partial charge in [0.25, 0.3) is 5.95 Å². The van der Waals surface area contributed by atoms with Crippen molar-refractivity contribution in [3.63, 3.8) is 0 Å². The number of hydrogen-bond donors (Lipinski definition) is 1. The van der Waals surface area contributed by atoms with Crippen LogP contribution in [0, 0.1) is 0 Å². The van der Waals surface area contributed by atoms with Crippen LogP contribution in [0.2, 0.25) is 0 Å². The van der Waals surface area contributed by atoms with E-state index in [0.717, 1.165) is 0 Å². The fourth-order valence-corrected chi connectivity index (χ4v) is 0.997. The zero-order valence-corrected chi connectivity index (χ0v) is 8.29. The average Bonchev–Trinajstić information content (AvgIpc) is 2.63. The summed E-state index contributed by atoms with van der Waals surface area (Å²) in [4.78, 5) is 4.27. The largest absolute Gasteiger partial charge is 0.349 e. The zero-order chi connectivity index (χ0) is 9.47. The summed E-state index contributed by atoms with van der Waals surface area (Å²) in [7, 11) is 0. The van der Waals surface area contributed by atoms with Crippen molar-refractivity contribution >= 4 is 5.95 Å². The van der Waals surface area contributed by atoms with Crippen molar-refractivity contribution in [1.29, 1.82) is 0 Å². The molecule has 1 N–H and O–H groups in total. The smallest absolute Gasteiger partial charge is 0.263 e. The Bertz CT molecular complexity index is 296. The third-order valence-corrected chi connectivity index (χ3v) is 1.98. The summed E-state index contributed by atoms with van der Waals surface area (Å²) in [5.41, 5.74) is -0.0590. The van der Waals surface area contributed by atoms with E-state index in [2.05, 4.69) is 36.2 Å². The second kappa shape index (κ2) is 2.72. The van der Waals surface area contributed by atoms with E-state index in [-0.39, 0.29) is 5.41 Å². The molecule has 4 nitrogen and oxygen atoms in total. The first-order valence-corrected chi connectivity index (χ1v) is 4.66. The lowest BCUT2D eigenvalue weighted by Crippen LogP contribution is -2.11. The van der Waals surface area contributed by atoms with E-state index in [9.17, 15) is 0 Å². The summed E-state index contributed by atoms with van der Waals surface area (Å²) in [5, 5.41) is 7.06. The molecule has 1 aliphatic rings. The SMILES string of the molecule is CC(C)(C)c1nc(NC2CC2)no1. The van der Waals surface area contributed by atoms with Gasteiger partial charge in [-0.25, -0.2) is 0 Å². The van der Waals surface area contributed by atoms with Gasteiger partial charge in [-0.05, 0) is 18.0 Å². The van der Waals surface area contributed by atoms with Crippen molar-refractivity contribution in [1.82, 2.24) is 10.1 Å². The van der Waals surface area contributed by atoms with Crippen LogP contribution in [-0.4, -0.2) is 16.2 Å². The standard InChI is InChI=1S/C9H15N3O/c1-9(2,3)7-11-8(12-13-7)10-6-4-5-6/h6H,4-5H2,1-3H3,(H,10,12). The monoisotopic (exact) mass is 181 g/mol. The number of hydrogen-bond acceptors (Lipinski definition) is 4. The molecule has 0 atom stereocenters. The normalized spacial score (nSPS) is 17.5. The summed E-state index contributed by atoms with van der Waals surface area (Å²) in [6.45, 7) is 6.17. The van der Waals surface area contributed by atoms with Gasteiger partial charge in [-0.15, -0.1) is 0 Å². The lowest BCUT2D eigenvalue weighted by atomic mass is 9.97. The topological polar surface area (TPSA) is 51.0 Å². The Balaban J connectivity index is 2.08. The Morgan fingerprint density at radius 1 is 1.38 bits per heavy atom. The minimum atomic E-state index is -0.0590. The van der Waals surface area contributed by atoms with Crippen LogP contribution in [0.1, 0.15) is 39.5 Å². The molecule has 4 heteroatoms. The fourth-order valence-electron chi connectivity index (χ4n) is 0.997. The molecule has 1 aliphatic carbocycles. The second-order valence-electron chi connectivity index (χ2n) is 4.59. The Hall–Kier alpha value is -1.06. The Morgan fingerprint density at radius 3 is 2.54 bits per heavy atom. The summed E-state index contributed by atoms with van der Waals surface area (Å²) in [6.07, 6.45) is 2.44. The van der Waals surface area contributed by atoms with Crippen LogP contribution in [0.25, 0.3) is 0 Å². The molecule has 0 aliphatic heterocycles. The van der Waals surface area contributed by atoms with Crippen molar-refractivity contribution in [3.05, 3.63) is 5.89 Å². The molecule has 0 bridgehead atoms. The molecule has 0 aromatic carbocycles. The zero-order valence-electron chi connectivity index (χ0n) is 8.29. The molecule has 0 spiro atoms. The van der Waals surface area contributed by atoms with Gasteiger partial charge in [-0.3, -0.25) is 0 Å². The maximum Gasteiger partial charge on any atom is 0.263 e. The highest BCUT2D eigenvalue weighted by Crippen LogP contribution is 2.25. The van der Waals surface area contributed by atoms with E-state index < -0.39 is 0 Å². The van der Waals surface area contributed by atoms with Gasteiger partial charge in [-0.1, -0.05) is 20.8 Å². The van der Waals surface area contributed by atoms with Crippen LogP contribution in [0.4, 0.5) is 5.95 Å². The molecular weight excluding hydrogens is 166 g/mol. The summed E-state index contributed by atoms with van der Waals surface area (Å²) in [5.74, 6) is 1.32. The number of anilines is 1. The van der Waals surface area contributed by atoms with Crippen molar-refractivity contribution in [3.8, 4) is 0 Å². The van der Waals surface area contributed by atoms with E-state index >= 15 is 0 Å². The van der Waals surface area contributed by atoms with Crippen LogP contribution in [0.15, 0.2) is 4.52 Å². The van der Waals surface area contributed by atoms with E-state index in [1.165, 1.54) is 12.8 Å². The Labute approximate surface area is 77.7 Å². The van der Waals surface area contributed by atoms with Crippen molar-refractivity contribution in [2.45, 2.75) is 45.1 Å². The molecular formula is C9H15N3O. The van der Waals surface area contributed by atoms with Gasteiger partial charge >= 0.3 is 0 Å². The Kier molecular flexibility index (Phi) is 1.78. The summed E-state index contributed by atoms with van der Waals surface area (Å²) < 4.78 is 5.13. The lowest BCUT2D eigenvalue weighted by molar-refractivity contribution is 0.321. The number of rotatable bonds is 2. The Morgan fingerprint density at radius 2 is 2.08 bits per heavy atom. The highest BCUT2D eigenvalue weighted by molar-refractivity contribution is 5.26. The molecule has 1 heterocycles. The summed E-state index contributed by atoms with van der Waals surface area (Å²) >= 11 is 0. The van der Waals surface area contributed by atoms with E-state index in [0.29, 0.717) is 17.9 Å². The van der Waals surface area contributed by atoms with Crippen molar-refractivity contribution in [2.24, 2.45) is 0 Å². The van der Waals surface area contributed by atoms with Crippen LogP contribution in [0.5, 0.6) is 0 Å². The average molecular weight is 181 g/mol. The highest BCUT2D eigenvalue weighted by Gasteiger charge is 2.25. The first kappa shape index (κ1) is 8.53. The molecule has 0 amide bonds. The van der Waals surface area contributed by atoms with Gasteiger partial charge in [0.15, 0.2) is 0 Å². The molecule has 2 rings (SSSR count). The molecule has 1 aromatic rings. The van der Waals surface area contributed by atoms with Gasteiger partial charge in [0.2, 0.25) is 5.89 Å². The highest BCUT2D eigenvalue weighted by atomic mass is 16.5. The maximum absolute atomic E-state index is 5.13. The molecule has 72 valence electrons. The minimum absolute atomic E-state index is 0.0590. The third-order valence-electron chi connectivity index (χ3n) is 1.98. The molecule has 0 radical (unpaired) electrons. The second-order valence-corrected chi connectivity index (χ2v) is 4.59.